The van der Waals surface area contributed by atoms with Crippen LogP contribution >= 0.6 is 0 Å². The zero-order valence-corrected chi connectivity index (χ0v) is 14.6. The van der Waals surface area contributed by atoms with Gasteiger partial charge in [0.15, 0.2) is 5.96 Å². The number of hydrogen-bond acceptors (Lipinski definition) is 3. The van der Waals surface area contributed by atoms with Crippen LogP contribution in [0.1, 0.15) is 25.3 Å². The van der Waals surface area contributed by atoms with E-state index in [2.05, 4.69) is 20.4 Å². The first-order valence-electron chi connectivity index (χ1n) is 8.53. The Balaban J connectivity index is 2.03. The van der Waals surface area contributed by atoms with Gasteiger partial charge in [-0.3, -0.25) is 4.79 Å². The van der Waals surface area contributed by atoms with Gasteiger partial charge < -0.3 is 20.3 Å². The Labute approximate surface area is 150 Å². The number of amides is 1. The summed E-state index contributed by atoms with van der Waals surface area (Å²) >= 11 is 0. The van der Waals surface area contributed by atoms with Crippen molar-refractivity contribution in [1.29, 1.82) is 0 Å². The second-order valence-corrected chi connectivity index (χ2v) is 5.73. The summed E-state index contributed by atoms with van der Waals surface area (Å²) in [6.07, 6.45) is 2.00. The maximum Gasteiger partial charge on any atom is 0.387 e. The first-order chi connectivity index (χ1) is 12.5. The Morgan fingerprint density at radius 1 is 1.31 bits per heavy atom. The number of benzene rings is 1. The van der Waals surface area contributed by atoms with Crippen molar-refractivity contribution in [3.05, 3.63) is 29.6 Å². The Bertz CT molecular complexity index is 634. The van der Waals surface area contributed by atoms with Crippen LogP contribution in [0.15, 0.2) is 23.2 Å². The second kappa shape index (κ2) is 9.88. The molecule has 6 nitrogen and oxygen atoms in total. The lowest BCUT2D eigenvalue weighted by Crippen LogP contribution is -2.44. The number of aliphatic imine (C=N–C) groups is 1. The molecule has 0 saturated carbocycles. The maximum atomic E-state index is 14.0. The summed E-state index contributed by atoms with van der Waals surface area (Å²) in [6, 6.07) is 3.70. The van der Waals surface area contributed by atoms with Crippen LogP contribution in [0.4, 0.5) is 13.2 Å². The second-order valence-electron chi connectivity index (χ2n) is 5.73. The highest BCUT2D eigenvalue weighted by Crippen LogP contribution is 2.24. The number of nitrogens with one attached hydrogen (secondary N) is 2. The van der Waals surface area contributed by atoms with Gasteiger partial charge >= 0.3 is 6.61 Å². The molecule has 9 heteroatoms. The monoisotopic (exact) mass is 372 g/mol. The van der Waals surface area contributed by atoms with Crippen LogP contribution in [0.25, 0.3) is 0 Å². The molecule has 1 fully saturated rings. The van der Waals surface area contributed by atoms with Crippen LogP contribution < -0.4 is 15.4 Å². The van der Waals surface area contributed by atoms with Gasteiger partial charge in [-0.1, -0.05) is 6.07 Å². The average molecular weight is 372 g/mol. The first-order valence-corrected chi connectivity index (χ1v) is 8.53. The molecule has 0 aliphatic carbocycles. The quantitative estimate of drug-likeness (QED) is 0.568. The van der Waals surface area contributed by atoms with Crippen molar-refractivity contribution in [2.24, 2.45) is 4.99 Å². The summed E-state index contributed by atoms with van der Waals surface area (Å²) in [7, 11) is 0. The third-order valence-electron chi connectivity index (χ3n) is 3.90. The number of rotatable bonds is 7. The standard InChI is InChI=1S/C17H23F3N4O2/c1-2-21-17(23-11-15(25)24-8-3-4-9-24)22-10-12-13(18)6-5-7-14(12)26-16(19)20/h5-7,16H,2-4,8-11H2,1H3,(H2,21,22,23). The number of alkyl halides is 2. The number of hydrogen-bond donors (Lipinski definition) is 2. The molecule has 26 heavy (non-hydrogen) atoms. The van der Waals surface area contributed by atoms with E-state index >= 15 is 0 Å². The van der Waals surface area contributed by atoms with Crippen LogP contribution in [0.3, 0.4) is 0 Å². The third kappa shape index (κ3) is 5.82. The molecule has 1 aromatic carbocycles. The number of carbonyl (C=O) groups excluding carboxylic acids is 1. The van der Waals surface area contributed by atoms with Crippen molar-refractivity contribution in [3.63, 3.8) is 0 Å². The van der Waals surface area contributed by atoms with Gasteiger partial charge in [0.25, 0.3) is 0 Å². The number of nitrogens with zero attached hydrogens (tertiary/aromatic N) is 2. The van der Waals surface area contributed by atoms with Gasteiger partial charge in [0, 0.05) is 19.6 Å². The minimum absolute atomic E-state index is 0.0410. The van der Waals surface area contributed by atoms with Gasteiger partial charge in [-0.15, -0.1) is 0 Å². The van der Waals surface area contributed by atoms with Crippen molar-refractivity contribution < 1.29 is 22.7 Å². The zero-order chi connectivity index (χ0) is 18.9. The topological polar surface area (TPSA) is 66.0 Å². The number of halogens is 3. The van der Waals surface area contributed by atoms with Crippen molar-refractivity contribution in [2.75, 3.05) is 26.2 Å². The van der Waals surface area contributed by atoms with E-state index in [9.17, 15) is 18.0 Å². The number of carbonyl (C=O) groups is 1. The molecule has 1 heterocycles. The molecule has 2 N–H and O–H groups in total. The molecule has 0 atom stereocenters. The molecule has 0 unspecified atom stereocenters. The molecule has 0 radical (unpaired) electrons. The lowest BCUT2D eigenvalue weighted by Gasteiger charge is -2.17. The molecule has 0 spiro atoms. The molecule has 1 aromatic rings. The van der Waals surface area contributed by atoms with E-state index in [0.29, 0.717) is 12.5 Å². The van der Waals surface area contributed by atoms with Crippen molar-refractivity contribution >= 4 is 11.9 Å². The van der Waals surface area contributed by atoms with E-state index in [-0.39, 0.29) is 30.3 Å². The molecular formula is C17H23F3N4O2. The summed E-state index contributed by atoms with van der Waals surface area (Å²) in [6.45, 7) is 0.667. The van der Waals surface area contributed by atoms with Crippen LogP contribution in [0.2, 0.25) is 0 Å². The zero-order valence-electron chi connectivity index (χ0n) is 14.6. The average Bonchev–Trinajstić information content (AvgIpc) is 3.13. The summed E-state index contributed by atoms with van der Waals surface area (Å²) in [5.74, 6) is -0.685. The predicted octanol–water partition coefficient (Wildman–Crippen LogP) is 2.10. The molecule has 1 amide bonds. The fraction of sp³-hybridized carbons (Fsp3) is 0.529. The van der Waals surface area contributed by atoms with E-state index in [1.165, 1.54) is 12.1 Å². The van der Waals surface area contributed by atoms with Gasteiger partial charge in [-0.2, -0.15) is 8.78 Å². The number of likely N-dealkylation sites (tertiary alicyclic amines) is 1. The molecule has 144 valence electrons. The Morgan fingerprint density at radius 3 is 2.69 bits per heavy atom. The van der Waals surface area contributed by atoms with Gasteiger partial charge in [0.1, 0.15) is 11.6 Å². The van der Waals surface area contributed by atoms with Crippen LogP contribution in [0.5, 0.6) is 5.75 Å². The molecule has 2 rings (SSSR count). The van der Waals surface area contributed by atoms with E-state index < -0.39 is 12.4 Å². The Kier molecular flexibility index (Phi) is 7.55. The summed E-state index contributed by atoms with van der Waals surface area (Å²) in [4.78, 5) is 18.0. The lowest BCUT2D eigenvalue weighted by molar-refractivity contribution is -0.128. The molecule has 0 aromatic heterocycles. The van der Waals surface area contributed by atoms with Crippen LogP contribution in [-0.4, -0.2) is 49.6 Å². The highest BCUT2D eigenvalue weighted by atomic mass is 19.3. The smallest absolute Gasteiger partial charge is 0.387 e. The minimum atomic E-state index is -3.05. The van der Waals surface area contributed by atoms with Gasteiger partial charge in [0.2, 0.25) is 5.91 Å². The summed E-state index contributed by atoms with van der Waals surface area (Å²) in [5, 5.41) is 5.82. The number of ether oxygens (including phenoxy) is 1. The first kappa shape index (κ1) is 19.9. The molecule has 1 saturated heterocycles. The molecular weight excluding hydrogens is 349 g/mol. The summed E-state index contributed by atoms with van der Waals surface area (Å²) < 4.78 is 43.2. The molecule has 1 aliphatic heterocycles. The molecule has 1 aliphatic rings. The molecule has 0 bridgehead atoms. The minimum Gasteiger partial charge on any atom is -0.434 e. The maximum absolute atomic E-state index is 14.0. The normalized spacial score (nSPS) is 14.7. The summed E-state index contributed by atoms with van der Waals surface area (Å²) in [5.41, 5.74) is -0.0733. The highest BCUT2D eigenvalue weighted by Gasteiger charge is 2.18. The van der Waals surface area contributed by atoms with Crippen LogP contribution in [0, 0.1) is 5.82 Å². The number of guanidine groups is 1. The fourth-order valence-corrected chi connectivity index (χ4v) is 2.64. The third-order valence-corrected chi connectivity index (χ3v) is 3.90. The van der Waals surface area contributed by atoms with E-state index in [4.69, 9.17) is 0 Å². The SMILES string of the molecule is CCNC(=NCc1c(F)cccc1OC(F)F)NCC(=O)N1CCCC1. The Hall–Kier alpha value is -2.45. The van der Waals surface area contributed by atoms with Gasteiger partial charge in [-0.25, -0.2) is 9.38 Å². The van der Waals surface area contributed by atoms with Gasteiger partial charge in [0.05, 0.1) is 18.7 Å². The van der Waals surface area contributed by atoms with Gasteiger partial charge in [-0.05, 0) is 31.9 Å². The predicted molar refractivity (Wildman–Crippen MR) is 91.7 cm³/mol. The largest absolute Gasteiger partial charge is 0.434 e. The van der Waals surface area contributed by atoms with E-state index in [1.807, 2.05) is 6.92 Å². The lowest BCUT2D eigenvalue weighted by atomic mass is 10.2. The highest BCUT2D eigenvalue weighted by molar-refractivity contribution is 5.86. The Morgan fingerprint density at radius 2 is 2.04 bits per heavy atom. The van der Waals surface area contributed by atoms with E-state index in [1.54, 1.807) is 4.90 Å². The van der Waals surface area contributed by atoms with Crippen molar-refractivity contribution in [2.45, 2.75) is 32.9 Å². The van der Waals surface area contributed by atoms with Crippen LogP contribution in [-0.2, 0) is 11.3 Å². The fourth-order valence-electron chi connectivity index (χ4n) is 2.64. The van der Waals surface area contributed by atoms with Crippen molar-refractivity contribution in [1.82, 2.24) is 15.5 Å². The van der Waals surface area contributed by atoms with Crippen molar-refractivity contribution in [3.8, 4) is 5.75 Å². The van der Waals surface area contributed by atoms with E-state index in [0.717, 1.165) is 32.0 Å².